The highest BCUT2D eigenvalue weighted by Crippen LogP contribution is 2.42. The molecule has 4 nitrogen and oxygen atoms in total. The first-order valence-corrected chi connectivity index (χ1v) is 9.14. The van der Waals surface area contributed by atoms with E-state index in [9.17, 15) is 8.42 Å². The molecular weight excluding hydrogens is 423 g/mol. The van der Waals surface area contributed by atoms with Gasteiger partial charge in [0.25, 0.3) is 0 Å². The molecule has 0 spiro atoms. The van der Waals surface area contributed by atoms with Crippen molar-refractivity contribution in [3.05, 3.63) is 51.5 Å². The van der Waals surface area contributed by atoms with Crippen LogP contribution in [-0.4, -0.2) is 22.1 Å². The van der Waals surface area contributed by atoms with Gasteiger partial charge in [-0.3, -0.25) is 4.98 Å². The quantitative estimate of drug-likeness (QED) is 0.675. The fraction of sp³-hybridized carbons (Fsp3) is 0.214. The summed E-state index contributed by atoms with van der Waals surface area (Å²) in [7, 11) is -3.68. The van der Waals surface area contributed by atoms with Gasteiger partial charge in [-0.25, -0.2) is 12.4 Å². The molecule has 1 aliphatic carbocycles. The molecule has 0 amide bonds. The van der Waals surface area contributed by atoms with E-state index in [2.05, 4.69) is 27.6 Å². The Labute approximate surface area is 141 Å². The number of hydrogen-bond donors (Lipinski definition) is 0. The van der Waals surface area contributed by atoms with E-state index in [0.29, 0.717) is 17.0 Å². The van der Waals surface area contributed by atoms with Crippen LogP contribution in [0, 0.1) is 0 Å². The van der Waals surface area contributed by atoms with Crippen molar-refractivity contribution in [2.24, 2.45) is 0 Å². The molecule has 0 saturated heterocycles. The molecular formula is C14H12ClIN2O2S. The lowest BCUT2D eigenvalue weighted by Crippen LogP contribution is -2.40. The van der Waals surface area contributed by atoms with Crippen LogP contribution in [0.4, 0.5) is 0 Å². The van der Waals surface area contributed by atoms with Crippen LogP contribution in [0.15, 0.2) is 51.5 Å². The second kappa shape index (κ2) is 5.10. The Kier molecular flexibility index (Phi) is 3.66. The first-order valence-electron chi connectivity index (χ1n) is 6.25. The molecule has 7 heteroatoms. The van der Waals surface area contributed by atoms with Crippen molar-refractivity contribution >= 4 is 55.1 Å². The third kappa shape index (κ3) is 2.24. The highest BCUT2D eigenvalue weighted by molar-refractivity contribution is 14.1. The summed E-state index contributed by atoms with van der Waals surface area (Å²) in [5.41, 5.74) is 0.611. The number of allylic oxidation sites excluding steroid dienone is 3. The summed E-state index contributed by atoms with van der Waals surface area (Å²) < 4.78 is 27.4. The van der Waals surface area contributed by atoms with E-state index in [-0.39, 0.29) is 0 Å². The van der Waals surface area contributed by atoms with Crippen molar-refractivity contribution < 1.29 is 8.42 Å². The van der Waals surface area contributed by atoms with E-state index in [1.165, 1.54) is 3.97 Å². The molecule has 21 heavy (non-hydrogen) atoms. The Bertz CT molecular complexity index is 885. The Hall–Kier alpha value is -0.860. The first-order chi connectivity index (χ1) is 9.86. The third-order valence-corrected chi connectivity index (χ3v) is 7.44. The fourth-order valence-corrected chi connectivity index (χ4v) is 5.76. The Balaban J connectivity index is 2.22. The molecule has 0 N–H and O–H groups in total. The first kappa shape index (κ1) is 15.1. The smallest absolute Gasteiger partial charge is 0.249 e. The van der Waals surface area contributed by atoms with E-state index in [1.807, 2.05) is 6.08 Å². The largest absolute Gasteiger partial charge is 0.264 e. The van der Waals surface area contributed by atoms with Crippen LogP contribution in [0.5, 0.6) is 0 Å². The Morgan fingerprint density at radius 3 is 2.90 bits per heavy atom. The van der Waals surface area contributed by atoms with Gasteiger partial charge >= 0.3 is 0 Å². The molecule has 110 valence electrons. The number of aromatic nitrogens is 2. The summed E-state index contributed by atoms with van der Waals surface area (Å²) in [4.78, 5) is 4.01. The number of halogens is 2. The van der Waals surface area contributed by atoms with Crippen molar-refractivity contribution in [1.29, 1.82) is 0 Å². The average molecular weight is 435 g/mol. The fourth-order valence-electron chi connectivity index (χ4n) is 2.40. The van der Waals surface area contributed by atoms with Gasteiger partial charge in [0.1, 0.15) is 4.75 Å². The molecule has 3 rings (SSSR count). The standard InChI is InChI=1S/C14H12ClIN2O2S/c1-14(8-11(16)2-3-13(14)15)21(19,20)18-7-5-10-9-17-6-4-12(10)18/h2-7,9H,8H2,1H3. The Morgan fingerprint density at radius 2 is 2.14 bits per heavy atom. The van der Waals surface area contributed by atoms with Gasteiger partial charge < -0.3 is 0 Å². The summed E-state index contributed by atoms with van der Waals surface area (Å²) in [6, 6.07) is 3.43. The molecule has 2 aromatic heterocycles. The minimum absolute atomic E-state index is 0.332. The predicted octanol–water partition coefficient (Wildman–Crippen LogP) is 3.82. The molecule has 0 aromatic carbocycles. The summed E-state index contributed by atoms with van der Waals surface area (Å²) >= 11 is 8.39. The maximum atomic E-state index is 13.1. The van der Waals surface area contributed by atoms with E-state index >= 15 is 0 Å². The van der Waals surface area contributed by atoms with Crippen LogP contribution in [0.1, 0.15) is 13.3 Å². The summed E-state index contributed by atoms with van der Waals surface area (Å²) in [5.74, 6) is 0. The molecule has 1 atom stereocenters. The zero-order valence-corrected chi connectivity index (χ0v) is 14.9. The SMILES string of the molecule is CC1(S(=O)(=O)n2ccc3cnccc32)CC(I)=CC=C1Cl. The number of fused-ring (bicyclic) bond motifs is 1. The molecule has 1 unspecified atom stereocenters. The highest BCUT2D eigenvalue weighted by Gasteiger charge is 2.45. The molecule has 0 aliphatic heterocycles. The molecule has 0 saturated carbocycles. The maximum absolute atomic E-state index is 13.1. The summed E-state index contributed by atoms with van der Waals surface area (Å²) in [5, 5.41) is 1.12. The molecule has 1 aliphatic rings. The third-order valence-electron chi connectivity index (χ3n) is 3.70. The molecule has 0 fully saturated rings. The van der Waals surface area contributed by atoms with Crippen molar-refractivity contribution in [3.8, 4) is 0 Å². The second-order valence-corrected chi connectivity index (χ2v) is 9.12. The maximum Gasteiger partial charge on any atom is 0.249 e. The minimum atomic E-state index is -3.68. The monoisotopic (exact) mass is 434 g/mol. The number of nitrogens with zero attached hydrogens (tertiary/aromatic N) is 2. The van der Waals surface area contributed by atoms with Crippen molar-refractivity contribution in [1.82, 2.24) is 8.96 Å². The average Bonchev–Trinajstić information content (AvgIpc) is 2.87. The molecule has 0 bridgehead atoms. The van der Waals surface area contributed by atoms with Crippen molar-refractivity contribution in [2.45, 2.75) is 18.1 Å². The summed E-state index contributed by atoms with van der Waals surface area (Å²) in [6.07, 6.45) is 8.66. The normalized spacial score (nSPS) is 23.0. The predicted molar refractivity (Wildman–Crippen MR) is 93.1 cm³/mol. The van der Waals surface area contributed by atoms with Crippen LogP contribution in [0.3, 0.4) is 0 Å². The second-order valence-electron chi connectivity index (χ2n) is 5.09. The van der Waals surface area contributed by atoms with Gasteiger partial charge in [-0.1, -0.05) is 17.7 Å². The van der Waals surface area contributed by atoms with Crippen LogP contribution in [-0.2, 0) is 10.0 Å². The molecule has 2 heterocycles. The highest BCUT2D eigenvalue weighted by atomic mass is 127. The number of hydrogen-bond acceptors (Lipinski definition) is 3. The van der Waals surface area contributed by atoms with Gasteiger partial charge in [0.2, 0.25) is 10.0 Å². The molecule has 0 radical (unpaired) electrons. The van der Waals surface area contributed by atoms with Crippen LogP contribution in [0.2, 0.25) is 0 Å². The van der Waals surface area contributed by atoms with E-state index in [4.69, 9.17) is 11.6 Å². The zero-order valence-electron chi connectivity index (χ0n) is 11.1. The van der Waals surface area contributed by atoms with Gasteiger partial charge in [0, 0.05) is 35.4 Å². The number of pyridine rings is 1. The zero-order chi connectivity index (χ0) is 15.3. The van der Waals surface area contributed by atoms with E-state index < -0.39 is 14.8 Å². The van der Waals surface area contributed by atoms with E-state index in [0.717, 1.165) is 8.97 Å². The van der Waals surface area contributed by atoms with Gasteiger partial charge in [-0.05, 0) is 51.3 Å². The van der Waals surface area contributed by atoms with Gasteiger partial charge in [-0.2, -0.15) is 0 Å². The van der Waals surface area contributed by atoms with Crippen molar-refractivity contribution in [2.75, 3.05) is 0 Å². The summed E-state index contributed by atoms with van der Waals surface area (Å²) in [6.45, 7) is 1.67. The lowest BCUT2D eigenvalue weighted by atomic mass is 10.0. The lowest BCUT2D eigenvalue weighted by Gasteiger charge is -2.31. The van der Waals surface area contributed by atoms with Crippen LogP contribution >= 0.6 is 34.2 Å². The topological polar surface area (TPSA) is 52.0 Å². The molecule has 2 aromatic rings. The Morgan fingerprint density at radius 1 is 1.38 bits per heavy atom. The van der Waals surface area contributed by atoms with Gasteiger partial charge in [0.15, 0.2) is 0 Å². The number of rotatable bonds is 2. The van der Waals surface area contributed by atoms with Gasteiger partial charge in [-0.15, -0.1) is 0 Å². The van der Waals surface area contributed by atoms with Gasteiger partial charge in [0.05, 0.1) is 5.52 Å². The van der Waals surface area contributed by atoms with E-state index in [1.54, 1.807) is 43.7 Å². The van der Waals surface area contributed by atoms with Crippen LogP contribution < -0.4 is 0 Å². The van der Waals surface area contributed by atoms with Crippen molar-refractivity contribution in [3.63, 3.8) is 0 Å². The lowest BCUT2D eigenvalue weighted by molar-refractivity contribution is 0.552. The van der Waals surface area contributed by atoms with Crippen LogP contribution in [0.25, 0.3) is 10.9 Å². The minimum Gasteiger partial charge on any atom is -0.264 e.